The fraction of sp³-hybridized carbons (Fsp3) is 0.893. The maximum atomic E-state index is 11.3. The Morgan fingerprint density at radius 3 is 2.41 bits per heavy atom. The van der Waals surface area contributed by atoms with Gasteiger partial charge in [-0.1, -0.05) is 33.8 Å². The predicted octanol–water partition coefficient (Wildman–Crippen LogP) is 1.14. The van der Waals surface area contributed by atoms with Crippen LogP contribution in [-0.4, -0.2) is 99.0 Å². The number of aliphatic hydroxyl groups excluding tert-OH is 5. The molecule has 3 fully saturated rings. The van der Waals surface area contributed by atoms with E-state index in [0.29, 0.717) is 19.3 Å². The van der Waals surface area contributed by atoms with E-state index in [1.807, 2.05) is 13.0 Å². The molecule has 2 saturated carbocycles. The molecule has 11 nitrogen and oxygen atoms in total. The number of fused-ring (bicyclic) bond motifs is 3. The van der Waals surface area contributed by atoms with Crippen LogP contribution in [-0.2, 0) is 23.9 Å². The lowest BCUT2D eigenvalue weighted by Crippen LogP contribution is -2.63. The predicted molar refractivity (Wildman–Crippen MR) is 137 cm³/mol. The van der Waals surface area contributed by atoms with Crippen LogP contribution in [0, 0.1) is 28.1 Å². The summed E-state index contributed by atoms with van der Waals surface area (Å²) < 4.78 is 17.0. The van der Waals surface area contributed by atoms with Crippen LogP contribution in [0.3, 0.4) is 0 Å². The SMILES string of the molecule is CC(=O)OC[C@H](O)[C@]1(C)C=C2[C@@H](OO)C[C@@H]3C(C)(C)[C@@H](O[C@@H]4O[C@H](CO)[C@@H](O)[C@H](O)[C@H]4O)CC[C@@]3(C)[C@@H]2CC1. The fourth-order valence-electron chi connectivity index (χ4n) is 7.94. The van der Waals surface area contributed by atoms with Crippen molar-refractivity contribution in [3.05, 3.63) is 11.6 Å². The zero-order valence-corrected chi connectivity index (χ0v) is 23.5. The molecule has 0 aromatic heterocycles. The van der Waals surface area contributed by atoms with Crippen molar-refractivity contribution in [2.24, 2.45) is 28.1 Å². The van der Waals surface area contributed by atoms with Crippen LogP contribution < -0.4 is 0 Å². The van der Waals surface area contributed by atoms with E-state index in [0.717, 1.165) is 18.4 Å². The second kappa shape index (κ2) is 11.3. The molecule has 0 amide bonds. The molecule has 1 aliphatic heterocycles. The molecule has 0 bridgehead atoms. The van der Waals surface area contributed by atoms with Gasteiger partial charge >= 0.3 is 5.97 Å². The highest BCUT2D eigenvalue weighted by atomic mass is 17.1. The van der Waals surface area contributed by atoms with Crippen LogP contribution in [0.15, 0.2) is 11.6 Å². The van der Waals surface area contributed by atoms with Crippen molar-refractivity contribution in [1.29, 1.82) is 0 Å². The number of ether oxygens (including phenoxy) is 3. The molecule has 4 rings (SSSR count). The summed E-state index contributed by atoms with van der Waals surface area (Å²) in [4.78, 5) is 16.3. The van der Waals surface area contributed by atoms with Crippen LogP contribution in [0.5, 0.6) is 0 Å². The third-order valence-electron chi connectivity index (χ3n) is 10.4. The van der Waals surface area contributed by atoms with Crippen molar-refractivity contribution >= 4 is 5.97 Å². The normalized spacial score (nSPS) is 46.4. The van der Waals surface area contributed by atoms with Crippen LogP contribution in [0.4, 0.5) is 0 Å². The van der Waals surface area contributed by atoms with Crippen molar-refractivity contribution in [2.75, 3.05) is 13.2 Å². The van der Waals surface area contributed by atoms with E-state index >= 15 is 0 Å². The van der Waals surface area contributed by atoms with E-state index in [4.69, 9.17) is 19.1 Å². The van der Waals surface area contributed by atoms with Crippen molar-refractivity contribution in [3.8, 4) is 0 Å². The number of hydrogen-bond donors (Lipinski definition) is 6. The average molecular weight is 559 g/mol. The van der Waals surface area contributed by atoms with Gasteiger partial charge in [-0.3, -0.25) is 10.1 Å². The van der Waals surface area contributed by atoms with E-state index in [2.05, 4.69) is 20.8 Å². The molecule has 39 heavy (non-hydrogen) atoms. The summed E-state index contributed by atoms with van der Waals surface area (Å²) in [5, 5.41) is 61.3. The molecule has 6 N–H and O–H groups in total. The Hall–Kier alpha value is -1.15. The molecule has 0 aromatic rings. The van der Waals surface area contributed by atoms with E-state index in [-0.39, 0.29) is 30.0 Å². The Kier molecular flexibility index (Phi) is 8.89. The molecule has 3 aliphatic carbocycles. The first kappa shape index (κ1) is 30.8. The molecule has 12 atom stereocenters. The second-order valence-corrected chi connectivity index (χ2v) is 13.1. The standard InChI is InChI=1S/C28H46O11/c1-14(30)36-13-20(31)27(4)8-6-16-15(11-27)17(39-35)10-19-26(2,3)21(7-9-28(16,19)5)38-25-24(34)23(33)22(32)18(12-29)37-25/h11,16-25,29,31-35H,6-10,12-13H2,1-5H3/t16-,17+,18-,19-,20+,21+,22-,23+,24-,25+,27+,28+/m1/s1. The van der Waals surface area contributed by atoms with Crippen LogP contribution in [0.1, 0.15) is 66.7 Å². The summed E-state index contributed by atoms with van der Waals surface area (Å²) in [6.45, 7) is 9.04. The lowest BCUT2D eigenvalue weighted by Gasteiger charge is -2.63. The van der Waals surface area contributed by atoms with Gasteiger partial charge in [-0.15, -0.1) is 0 Å². The lowest BCUT2D eigenvalue weighted by atomic mass is 9.44. The van der Waals surface area contributed by atoms with Crippen molar-refractivity contribution in [2.45, 2.75) is 116 Å². The first-order valence-electron chi connectivity index (χ1n) is 14.0. The first-order chi connectivity index (χ1) is 18.2. The van der Waals surface area contributed by atoms with E-state index < -0.39 is 66.3 Å². The lowest BCUT2D eigenvalue weighted by molar-refractivity contribution is -0.331. The van der Waals surface area contributed by atoms with Crippen LogP contribution in [0.25, 0.3) is 0 Å². The molecule has 0 aromatic carbocycles. The molecule has 224 valence electrons. The Morgan fingerprint density at radius 1 is 1.10 bits per heavy atom. The zero-order chi connectivity index (χ0) is 28.9. The third kappa shape index (κ3) is 5.42. The van der Waals surface area contributed by atoms with Gasteiger partial charge in [-0.2, -0.15) is 0 Å². The number of rotatable bonds is 7. The van der Waals surface area contributed by atoms with Gasteiger partial charge in [0.25, 0.3) is 0 Å². The maximum absolute atomic E-state index is 11.3. The Labute approximate surface area is 229 Å². The van der Waals surface area contributed by atoms with Gasteiger partial charge in [-0.25, -0.2) is 4.89 Å². The van der Waals surface area contributed by atoms with Gasteiger partial charge < -0.3 is 39.7 Å². The van der Waals surface area contributed by atoms with Gasteiger partial charge in [0.2, 0.25) is 0 Å². The average Bonchev–Trinajstić information content (AvgIpc) is 2.88. The summed E-state index contributed by atoms with van der Waals surface area (Å²) in [7, 11) is 0. The van der Waals surface area contributed by atoms with Gasteiger partial charge in [-0.05, 0) is 60.3 Å². The zero-order valence-electron chi connectivity index (χ0n) is 23.5. The Bertz CT molecular complexity index is 921. The highest BCUT2D eigenvalue weighted by molar-refractivity contribution is 5.65. The van der Waals surface area contributed by atoms with Gasteiger partial charge in [0.05, 0.1) is 18.8 Å². The summed E-state index contributed by atoms with van der Waals surface area (Å²) in [6, 6.07) is 0. The van der Waals surface area contributed by atoms with Gasteiger partial charge in [0.15, 0.2) is 6.29 Å². The topological polar surface area (TPSA) is 175 Å². The van der Waals surface area contributed by atoms with E-state index in [9.17, 15) is 35.6 Å². The van der Waals surface area contributed by atoms with Gasteiger partial charge in [0.1, 0.15) is 37.1 Å². The van der Waals surface area contributed by atoms with Crippen LogP contribution >= 0.6 is 0 Å². The second-order valence-electron chi connectivity index (χ2n) is 13.1. The van der Waals surface area contributed by atoms with Gasteiger partial charge in [0, 0.05) is 12.3 Å². The van der Waals surface area contributed by atoms with Crippen molar-refractivity contribution in [1.82, 2.24) is 0 Å². The highest BCUT2D eigenvalue weighted by Gasteiger charge is 2.61. The first-order valence-corrected chi connectivity index (χ1v) is 14.0. The summed E-state index contributed by atoms with van der Waals surface area (Å²) in [5.41, 5.74) is -0.304. The molecular weight excluding hydrogens is 512 g/mol. The third-order valence-corrected chi connectivity index (χ3v) is 10.4. The molecule has 0 radical (unpaired) electrons. The molecule has 11 heteroatoms. The van der Waals surface area contributed by atoms with Crippen LogP contribution in [0.2, 0.25) is 0 Å². The maximum Gasteiger partial charge on any atom is 0.302 e. The summed E-state index contributed by atoms with van der Waals surface area (Å²) in [6.07, 6.45) is -3.16. The Balaban J connectivity index is 1.57. The largest absolute Gasteiger partial charge is 0.463 e. The van der Waals surface area contributed by atoms with Crippen molar-refractivity contribution in [3.63, 3.8) is 0 Å². The summed E-state index contributed by atoms with van der Waals surface area (Å²) >= 11 is 0. The monoisotopic (exact) mass is 558 g/mol. The molecule has 1 heterocycles. The molecule has 0 unspecified atom stereocenters. The molecule has 0 spiro atoms. The minimum Gasteiger partial charge on any atom is -0.463 e. The number of aliphatic hydroxyl groups is 5. The van der Waals surface area contributed by atoms with Crippen molar-refractivity contribution < 1.29 is 54.7 Å². The minimum atomic E-state index is -1.51. The smallest absolute Gasteiger partial charge is 0.302 e. The minimum absolute atomic E-state index is 0.0447. The molecule has 1 saturated heterocycles. The number of carbonyl (C=O) groups is 1. The van der Waals surface area contributed by atoms with E-state index in [1.165, 1.54) is 6.92 Å². The summed E-state index contributed by atoms with van der Waals surface area (Å²) in [5.74, 6) is -0.313. The molecule has 4 aliphatic rings. The highest BCUT2D eigenvalue weighted by Crippen LogP contribution is 2.65. The van der Waals surface area contributed by atoms with E-state index in [1.54, 1.807) is 0 Å². The number of carbonyl (C=O) groups excluding carboxylic acids is 1. The fourth-order valence-corrected chi connectivity index (χ4v) is 7.94. The Morgan fingerprint density at radius 2 is 1.79 bits per heavy atom. The number of esters is 1. The number of hydrogen-bond acceptors (Lipinski definition) is 11. The quantitative estimate of drug-likeness (QED) is 0.0869. The molecular formula is C28H46O11.